The second-order valence-corrected chi connectivity index (χ2v) is 8.57. The molecule has 1 aromatic carbocycles. The summed E-state index contributed by atoms with van der Waals surface area (Å²) in [6.07, 6.45) is 7.24. The average Bonchev–Trinajstić information content (AvgIpc) is 2.64. The lowest BCUT2D eigenvalue weighted by Crippen LogP contribution is -2.21. The molecule has 6 nitrogen and oxygen atoms in total. The molecule has 0 fully saturated rings. The molecule has 3 N–H and O–H groups in total. The van der Waals surface area contributed by atoms with Crippen LogP contribution >= 0.6 is 0 Å². The molecule has 0 bridgehead atoms. The first-order chi connectivity index (χ1) is 12.9. The molecule has 7 heteroatoms. The van der Waals surface area contributed by atoms with Gasteiger partial charge in [-0.1, -0.05) is 51.2 Å². The normalized spacial score (nSPS) is 11.3. The van der Waals surface area contributed by atoms with Gasteiger partial charge < -0.3 is 5.73 Å². The minimum atomic E-state index is -3.56. The Morgan fingerprint density at radius 3 is 2.33 bits per heavy atom. The summed E-state index contributed by atoms with van der Waals surface area (Å²) in [6, 6.07) is 6.25. The van der Waals surface area contributed by atoms with E-state index in [-0.39, 0.29) is 23.4 Å². The zero-order valence-electron chi connectivity index (χ0n) is 16.2. The van der Waals surface area contributed by atoms with E-state index in [0.29, 0.717) is 25.8 Å². The number of nitrogens with two attached hydrogens (primary N) is 1. The quantitative estimate of drug-likeness (QED) is 0.267. The van der Waals surface area contributed by atoms with E-state index >= 15 is 0 Å². The number of hydrogen-bond acceptors (Lipinski definition) is 5. The Labute approximate surface area is 163 Å². The van der Waals surface area contributed by atoms with E-state index in [1.807, 2.05) is 0 Å². The van der Waals surface area contributed by atoms with Crippen molar-refractivity contribution in [3.8, 4) is 0 Å². The van der Waals surface area contributed by atoms with E-state index in [9.17, 15) is 18.0 Å². The van der Waals surface area contributed by atoms with Crippen LogP contribution in [0.15, 0.2) is 24.3 Å². The van der Waals surface area contributed by atoms with Gasteiger partial charge in [-0.15, -0.1) is 0 Å². The highest BCUT2D eigenvalue weighted by Gasteiger charge is 2.21. The molecule has 0 aromatic heterocycles. The molecule has 0 atom stereocenters. The van der Waals surface area contributed by atoms with E-state index in [4.69, 9.17) is 5.73 Å². The largest absolute Gasteiger partial charge is 0.330 e. The standard InChI is InChI=1S/C20H32N2O4S/c1-2-3-4-5-6-11-16-27(25,26)22-18-13-8-7-12-17(18)20(24)19(23)14-9-10-15-21/h7-8,12-13,22H,2-6,9-11,14-16,21H2,1H3. The first kappa shape index (κ1) is 23.3. The number of anilines is 1. The zero-order chi connectivity index (χ0) is 20.1. The van der Waals surface area contributed by atoms with Gasteiger partial charge in [-0.25, -0.2) is 8.42 Å². The van der Waals surface area contributed by atoms with Gasteiger partial charge in [0.25, 0.3) is 0 Å². The molecule has 27 heavy (non-hydrogen) atoms. The fourth-order valence-corrected chi connectivity index (χ4v) is 3.95. The van der Waals surface area contributed by atoms with Gasteiger partial charge in [0.1, 0.15) is 0 Å². The van der Waals surface area contributed by atoms with Gasteiger partial charge in [0.2, 0.25) is 21.6 Å². The molecule has 0 saturated heterocycles. The van der Waals surface area contributed by atoms with Crippen molar-refractivity contribution in [3.05, 3.63) is 29.8 Å². The summed E-state index contributed by atoms with van der Waals surface area (Å²) >= 11 is 0. The Morgan fingerprint density at radius 2 is 1.63 bits per heavy atom. The summed E-state index contributed by atoms with van der Waals surface area (Å²) in [7, 11) is -3.56. The topological polar surface area (TPSA) is 106 Å². The van der Waals surface area contributed by atoms with Crippen LogP contribution < -0.4 is 10.5 Å². The molecule has 1 aromatic rings. The van der Waals surface area contributed by atoms with Gasteiger partial charge in [0, 0.05) is 12.0 Å². The van der Waals surface area contributed by atoms with Gasteiger partial charge in [-0.3, -0.25) is 14.3 Å². The number of benzene rings is 1. The third kappa shape index (κ3) is 9.15. The van der Waals surface area contributed by atoms with Crippen LogP contribution in [0, 0.1) is 0 Å². The first-order valence-corrected chi connectivity index (χ1v) is 11.4. The van der Waals surface area contributed by atoms with Gasteiger partial charge >= 0.3 is 0 Å². The number of para-hydroxylation sites is 1. The van der Waals surface area contributed by atoms with Gasteiger partial charge in [0.15, 0.2) is 0 Å². The van der Waals surface area contributed by atoms with E-state index < -0.39 is 21.6 Å². The highest BCUT2D eigenvalue weighted by atomic mass is 32.2. The fourth-order valence-electron chi connectivity index (χ4n) is 2.75. The number of nitrogens with one attached hydrogen (secondary N) is 1. The third-order valence-electron chi connectivity index (χ3n) is 4.31. The fraction of sp³-hybridized carbons (Fsp3) is 0.600. The predicted octanol–water partition coefficient (Wildman–Crippen LogP) is 3.67. The molecule has 0 aliphatic carbocycles. The summed E-state index contributed by atoms with van der Waals surface area (Å²) in [6.45, 7) is 2.60. The highest BCUT2D eigenvalue weighted by molar-refractivity contribution is 7.92. The number of carbonyl (C=O) groups is 2. The average molecular weight is 397 g/mol. The van der Waals surface area contributed by atoms with Gasteiger partial charge in [-0.05, 0) is 37.9 Å². The van der Waals surface area contributed by atoms with Crippen LogP contribution in [0.4, 0.5) is 5.69 Å². The van der Waals surface area contributed by atoms with Crippen molar-refractivity contribution < 1.29 is 18.0 Å². The first-order valence-electron chi connectivity index (χ1n) is 9.78. The van der Waals surface area contributed by atoms with Crippen LogP contribution in [0.3, 0.4) is 0 Å². The monoisotopic (exact) mass is 396 g/mol. The van der Waals surface area contributed by atoms with Crippen molar-refractivity contribution in [2.45, 2.75) is 64.7 Å². The Kier molecular flexibility index (Phi) is 10.9. The molecule has 152 valence electrons. The van der Waals surface area contributed by atoms with Crippen molar-refractivity contribution in [2.24, 2.45) is 5.73 Å². The number of hydrogen-bond donors (Lipinski definition) is 2. The molecule has 1 rings (SSSR count). The lowest BCUT2D eigenvalue weighted by Gasteiger charge is -2.11. The Morgan fingerprint density at radius 1 is 0.963 bits per heavy atom. The minimum absolute atomic E-state index is 0.00605. The van der Waals surface area contributed by atoms with Crippen molar-refractivity contribution in [1.29, 1.82) is 0 Å². The molecule has 0 unspecified atom stereocenters. The van der Waals surface area contributed by atoms with Crippen LogP contribution in [0.2, 0.25) is 0 Å². The molecule has 0 amide bonds. The molecule has 0 heterocycles. The number of Topliss-reactive ketones (excluding diaryl/α,β-unsaturated/α-hetero) is 2. The van der Waals surface area contributed by atoms with E-state index in [1.165, 1.54) is 18.6 Å². The number of carbonyl (C=O) groups excluding carboxylic acids is 2. The second-order valence-electron chi connectivity index (χ2n) is 6.73. The summed E-state index contributed by atoms with van der Waals surface area (Å²) in [4.78, 5) is 24.5. The predicted molar refractivity (Wildman–Crippen MR) is 109 cm³/mol. The minimum Gasteiger partial charge on any atom is -0.330 e. The Balaban J connectivity index is 2.67. The molecule has 0 aliphatic rings. The lowest BCUT2D eigenvalue weighted by molar-refractivity contribution is -0.115. The Hall–Kier alpha value is -1.73. The molecule has 0 saturated carbocycles. The van der Waals surface area contributed by atoms with Crippen LogP contribution in [0.1, 0.15) is 75.1 Å². The molecule has 0 spiro atoms. The molecular formula is C20H32N2O4S. The number of rotatable bonds is 15. The van der Waals surface area contributed by atoms with Gasteiger partial charge in [0.05, 0.1) is 11.4 Å². The molecule has 0 radical (unpaired) electrons. The number of ketones is 2. The SMILES string of the molecule is CCCCCCCCS(=O)(=O)Nc1ccccc1C(=O)C(=O)CCCCN. The third-order valence-corrected chi connectivity index (χ3v) is 5.67. The zero-order valence-corrected chi connectivity index (χ0v) is 17.0. The smallest absolute Gasteiger partial charge is 0.232 e. The van der Waals surface area contributed by atoms with E-state index in [1.54, 1.807) is 12.1 Å². The maximum absolute atomic E-state index is 12.4. The Bertz CT molecular complexity index is 702. The van der Waals surface area contributed by atoms with Crippen molar-refractivity contribution in [1.82, 2.24) is 0 Å². The van der Waals surface area contributed by atoms with E-state index in [0.717, 1.165) is 25.7 Å². The summed E-state index contributed by atoms with van der Waals surface area (Å²) in [5.74, 6) is -1.18. The molecule has 0 aliphatic heterocycles. The number of unbranched alkanes of at least 4 members (excludes halogenated alkanes) is 6. The van der Waals surface area contributed by atoms with Crippen molar-refractivity contribution >= 4 is 27.3 Å². The maximum atomic E-state index is 12.4. The maximum Gasteiger partial charge on any atom is 0.232 e. The van der Waals surface area contributed by atoms with Crippen LogP contribution in [-0.2, 0) is 14.8 Å². The van der Waals surface area contributed by atoms with Gasteiger partial charge in [-0.2, -0.15) is 0 Å². The molecular weight excluding hydrogens is 364 g/mol. The summed E-state index contributed by atoms with van der Waals surface area (Å²) in [5.41, 5.74) is 5.66. The highest BCUT2D eigenvalue weighted by Crippen LogP contribution is 2.19. The lowest BCUT2D eigenvalue weighted by atomic mass is 10.0. The number of sulfonamides is 1. The summed E-state index contributed by atoms with van der Waals surface area (Å²) < 4.78 is 27.1. The van der Waals surface area contributed by atoms with Crippen LogP contribution in [0.5, 0.6) is 0 Å². The van der Waals surface area contributed by atoms with Crippen LogP contribution in [0.25, 0.3) is 0 Å². The van der Waals surface area contributed by atoms with Crippen molar-refractivity contribution in [3.63, 3.8) is 0 Å². The van der Waals surface area contributed by atoms with Crippen LogP contribution in [-0.4, -0.2) is 32.3 Å². The van der Waals surface area contributed by atoms with Crippen molar-refractivity contribution in [2.75, 3.05) is 17.0 Å². The second kappa shape index (κ2) is 12.6. The van der Waals surface area contributed by atoms with E-state index in [2.05, 4.69) is 11.6 Å². The summed E-state index contributed by atoms with van der Waals surface area (Å²) in [5, 5.41) is 0.